The Bertz CT molecular complexity index is 967. The SMILES string of the molecule is COc1cc(C2C3=C(CC(C)(C)CC3=O)NC3=C2C(=O)NCN3)cc(OC)c1OC. The molecule has 1 unspecified atom stereocenters. The summed E-state index contributed by atoms with van der Waals surface area (Å²) in [7, 11) is 4.63. The van der Waals surface area contributed by atoms with Gasteiger partial charge in [0.25, 0.3) is 5.91 Å². The number of carbonyl (C=O) groups is 2. The minimum absolute atomic E-state index is 0.0393. The molecule has 3 N–H and O–H groups in total. The van der Waals surface area contributed by atoms with E-state index in [4.69, 9.17) is 14.2 Å². The summed E-state index contributed by atoms with van der Waals surface area (Å²) in [6.45, 7) is 4.48. The molecular formula is C22H27N3O5. The fourth-order valence-electron chi connectivity index (χ4n) is 4.58. The zero-order valence-electron chi connectivity index (χ0n) is 17.9. The first kappa shape index (κ1) is 20.1. The first-order chi connectivity index (χ1) is 14.3. The zero-order chi connectivity index (χ0) is 21.6. The lowest BCUT2D eigenvalue weighted by atomic mass is 9.68. The van der Waals surface area contributed by atoms with Gasteiger partial charge in [-0.3, -0.25) is 9.59 Å². The zero-order valence-corrected chi connectivity index (χ0v) is 17.9. The summed E-state index contributed by atoms with van der Waals surface area (Å²) in [6.07, 6.45) is 1.14. The van der Waals surface area contributed by atoms with E-state index in [2.05, 4.69) is 29.8 Å². The van der Waals surface area contributed by atoms with Gasteiger partial charge in [-0.15, -0.1) is 0 Å². The van der Waals surface area contributed by atoms with E-state index in [0.29, 0.717) is 47.3 Å². The molecule has 0 radical (unpaired) electrons. The van der Waals surface area contributed by atoms with Crippen LogP contribution in [0.25, 0.3) is 0 Å². The Morgan fingerprint density at radius 1 is 0.933 bits per heavy atom. The lowest BCUT2D eigenvalue weighted by molar-refractivity contribution is -0.119. The maximum Gasteiger partial charge on any atom is 0.253 e. The number of ether oxygens (including phenoxy) is 3. The van der Waals surface area contributed by atoms with Crippen molar-refractivity contribution in [1.29, 1.82) is 0 Å². The van der Waals surface area contributed by atoms with Gasteiger partial charge in [-0.2, -0.15) is 0 Å². The molecule has 2 aliphatic heterocycles. The van der Waals surface area contributed by atoms with Gasteiger partial charge in [0.15, 0.2) is 17.3 Å². The normalized spacial score (nSPS) is 22.4. The molecule has 8 heteroatoms. The van der Waals surface area contributed by atoms with Crippen LogP contribution in [0.5, 0.6) is 17.2 Å². The maximum atomic E-state index is 13.3. The van der Waals surface area contributed by atoms with Crippen molar-refractivity contribution in [1.82, 2.24) is 16.0 Å². The van der Waals surface area contributed by atoms with Crippen molar-refractivity contribution in [2.24, 2.45) is 5.41 Å². The summed E-state index contributed by atoms with van der Waals surface area (Å²) in [6, 6.07) is 3.61. The second kappa shape index (κ2) is 7.27. The van der Waals surface area contributed by atoms with Crippen LogP contribution in [0.2, 0.25) is 0 Å². The Balaban J connectivity index is 1.95. The van der Waals surface area contributed by atoms with Gasteiger partial charge in [0.2, 0.25) is 5.75 Å². The van der Waals surface area contributed by atoms with Gasteiger partial charge in [0, 0.05) is 23.6 Å². The molecule has 30 heavy (non-hydrogen) atoms. The Morgan fingerprint density at radius 2 is 1.60 bits per heavy atom. The quantitative estimate of drug-likeness (QED) is 0.694. The number of dihydropyridines is 1. The number of hydrogen-bond acceptors (Lipinski definition) is 7. The standard InChI is InChI=1S/C22H27N3O5/c1-22(2)8-12-17(13(26)9-22)16(18-20(25-12)23-10-24-21(18)27)11-6-14(28-3)19(30-5)15(7-11)29-4/h6-7,16,23,25H,8-10H2,1-5H3,(H,24,27). The highest BCUT2D eigenvalue weighted by atomic mass is 16.5. The van der Waals surface area contributed by atoms with Crippen molar-refractivity contribution in [3.63, 3.8) is 0 Å². The number of carbonyl (C=O) groups excluding carboxylic acids is 2. The van der Waals surface area contributed by atoms with E-state index in [1.807, 2.05) is 12.1 Å². The van der Waals surface area contributed by atoms with E-state index >= 15 is 0 Å². The van der Waals surface area contributed by atoms with E-state index in [1.54, 1.807) is 14.2 Å². The number of amides is 1. The molecule has 0 saturated heterocycles. The molecule has 1 atom stereocenters. The van der Waals surface area contributed by atoms with Crippen molar-refractivity contribution >= 4 is 11.7 Å². The molecule has 1 amide bonds. The van der Waals surface area contributed by atoms with Gasteiger partial charge >= 0.3 is 0 Å². The molecule has 0 spiro atoms. The van der Waals surface area contributed by atoms with Crippen LogP contribution >= 0.6 is 0 Å². The third kappa shape index (κ3) is 3.16. The van der Waals surface area contributed by atoms with Crippen LogP contribution in [-0.2, 0) is 9.59 Å². The predicted octanol–water partition coefficient (Wildman–Crippen LogP) is 1.93. The van der Waals surface area contributed by atoms with E-state index in [9.17, 15) is 9.59 Å². The lowest BCUT2D eigenvalue weighted by Gasteiger charge is -2.41. The summed E-state index contributed by atoms with van der Waals surface area (Å²) in [5.74, 6) is 1.34. The number of Topliss-reactive ketones (excluding diaryl/α,β-unsaturated/α-hetero) is 1. The average molecular weight is 413 g/mol. The molecule has 160 valence electrons. The van der Waals surface area contributed by atoms with Crippen molar-refractivity contribution < 1.29 is 23.8 Å². The Hall–Kier alpha value is -3.16. The Kier molecular flexibility index (Phi) is 4.88. The molecule has 0 fully saturated rings. The highest BCUT2D eigenvalue weighted by Gasteiger charge is 2.44. The Labute approximate surface area is 175 Å². The van der Waals surface area contributed by atoms with Crippen molar-refractivity contribution in [2.75, 3.05) is 28.0 Å². The number of benzene rings is 1. The summed E-state index contributed by atoms with van der Waals surface area (Å²) in [5.41, 5.74) is 2.55. The minimum Gasteiger partial charge on any atom is -0.493 e. The van der Waals surface area contributed by atoms with Crippen LogP contribution in [-0.4, -0.2) is 39.7 Å². The fraction of sp³-hybridized carbons (Fsp3) is 0.455. The number of ketones is 1. The Morgan fingerprint density at radius 3 is 2.20 bits per heavy atom. The molecule has 0 bridgehead atoms. The molecular weight excluding hydrogens is 386 g/mol. The van der Waals surface area contributed by atoms with E-state index < -0.39 is 5.92 Å². The molecule has 0 saturated carbocycles. The highest BCUT2D eigenvalue weighted by Crippen LogP contribution is 2.49. The highest BCUT2D eigenvalue weighted by molar-refractivity contribution is 6.05. The number of rotatable bonds is 4. The van der Waals surface area contributed by atoms with Crippen LogP contribution in [0.1, 0.15) is 38.2 Å². The maximum absolute atomic E-state index is 13.3. The summed E-state index contributed by atoms with van der Waals surface area (Å²) >= 11 is 0. The average Bonchev–Trinajstić information content (AvgIpc) is 2.70. The van der Waals surface area contributed by atoms with Gasteiger partial charge in [-0.25, -0.2) is 0 Å². The van der Waals surface area contributed by atoms with Crippen LogP contribution in [0, 0.1) is 5.41 Å². The third-order valence-corrected chi connectivity index (χ3v) is 5.82. The summed E-state index contributed by atoms with van der Waals surface area (Å²) in [5, 5.41) is 9.36. The van der Waals surface area contributed by atoms with Crippen LogP contribution < -0.4 is 30.2 Å². The molecule has 8 nitrogen and oxygen atoms in total. The van der Waals surface area contributed by atoms with Crippen molar-refractivity contribution in [3.8, 4) is 17.2 Å². The van der Waals surface area contributed by atoms with Gasteiger partial charge in [0.05, 0.1) is 33.6 Å². The molecule has 0 aromatic heterocycles. The lowest BCUT2D eigenvalue weighted by Crippen LogP contribution is -2.50. The predicted molar refractivity (Wildman–Crippen MR) is 110 cm³/mol. The largest absolute Gasteiger partial charge is 0.493 e. The first-order valence-corrected chi connectivity index (χ1v) is 9.89. The van der Waals surface area contributed by atoms with Crippen LogP contribution in [0.15, 0.2) is 34.8 Å². The van der Waals surface area contributed by atoms with Crippen LogP contribution in [0.3, 0.4) is 0 Å². The molecule has 4 rings (SSSR count). The number of nitrogens with one attached hydrogen (secondary N) is 3. The van der Waals surface area contributed by atoms with E-state index in [1.165, 1.54) is 7.11 Å². The summed E-state index contributed by atoms with van der Waals surface area (Å²) < 4.78 is 16.5. The van der Waals surface area contributed by atoms with Gasteiger partial charge in [-0.05, 0) is 29.5 Å². The number of hydrogen-bond donors (Lipinski definition) is 3. The van der Waals surface area contributed by atoms with Crippen LogP contribution in [0.4, 0.5) is 0 Å². The molecule has 2 heterocycles. The summed E-state index contributed by atoms with van der Waals surface area (Å²) in [4.78, 5) is 26.2. The van der Waals surface area contributed by atoms with Crippen molar-refractivity contribution in [2.45, 2.75) is 32.6 Å². The van der Waals surface area contributed by atoms with E-state index in [0.717, 1.165) is 17.7 Å². The number of allylic oxidation sites excluding steroid dienone is 2. The number of methoxy groups -OCH3 is 3. The minimum atomic E-state index is -0.540. The second-order valence-corrected chi connectivity index (χ2v) is 8.50. The molecule has 3 aliphatic rings. The smallest absolute Gasteiger partial charge is 0.253 e. The first-order valence-electron chi connectivity index (χ1n) is 9.89. The topological polar surface area (TPSA) is 97.9 Å². The van der Waals surface area contributed by atoms with Gasteiger partial charge in [-0.1, -0.05) is 13.8 Å². The molecule has 1 aliphatic carbocycles. The molecule has 1 aromatic carbocycles. The second-order valence-electron chi connectivity index (χ2n) is 8.50. The van der Waals surface area contributed by atoms with Crippen molar-refractivity contribution in [3.05, 3.63) is 40.4 Å². The van der Waals surface area contributed by atoms with Gasteiger partial charge < -0.3 is 30.2 Å². The fourth-order valence-corrected chi connectivity index (χ4v) is 4.58. The monoisotopic (exact) mass is 413 g/mol. The van der Waals surface area contributed by atoms with E-state index in [-0.39, 0.29) is 17.1 Å². The molecule has 1 aromatic rings. The third-order valence-electron chi connectivity index (χ3n) is 5.82. The van der Waals surface area contributed by atoms with Gasteiger partial charge in [0.1, 0.15) is 5.82 Å².